The van der Waals surface area contributed by atoms with Crippen LogP contribution in [0.5, 0.6) is 5.75 Å². The van der Waals surface area contributed by atoms with E-state index in [1.807, 2.05) is 65.0 Å². The van der Waals surface area contributed by atoms with Crippen LogP contribution in [-0.2, 0) is 32.5 Å². The Bertz CT molecular complexity index is 1420. The lowest BCUT2D eigenvalue weighted by Gasteiger charge is -2.35. The number of aliphatic hydroxyl groups is 1. The number of carbonyl (C=O) groups is 2. The van der Waals surface area contributed by atoms with Crippen LogP contribution in [0, 0.1) is 11.3 Å². The molecule has 0 bridgehead atoms. The number of benzene rings is 2. The Balaban J connectivity index is 1.55. The summed E-state index contributed by atoms with van der Waals surface area (Å²) < 4.78 is 34.8. The highest BCUT2D eigenvalue weighted by molar-refractivity contribution is 7.89. The molecule has 0 spiro atoms. The summed E-state index contributed by atoms with van der Waals surface area (Å²) in [5.41, 5.74) is 1.27. The first kappa shape index (κ1) is 35.9. The van der Waals surface area contributed by atoms with E-state index in [2.05, 4.69) is 15.5 Å². The van der Waals surface area contributed by atoms with Gasteiger partial charge in [-0.3, -0.25) is 14.5 Å². The minimum atomic E-state index is -3.97. The highest BCUT2D eigenvalue weighted by atomic mass is 32.2. The van der Waals surface area contributed by atoms with E-state index in [0.29, 0.717) is 31.6 Å². The number of aryl methyl sites for hydroxylation is 1. The lowest BCUT2D eigenvalue weighted by molar-refractivity contribution is -0.133. The molecule has 46 heavy (non-hydrogen) atoms. The number of nitrogens with one attached hydrogen (secondary N) is 2. The van der Waals surface area contributed by atoms with E-state index in [-0.39, 0.29) is 36.4 Å². The van der Waals surface area contributed by atoms with Gasteiger partial charge in [0.2, 0.25) is 21.8 Å². The smallest absolute Gasteiger partial charge is 0.243 e. The topological polar surface area (TPSA) is 128 Å². The zero-order valence-corrected chi connectivity index (χ0v) is 28.8. The Morgan fingerprint density at radius 2 is 1.72 bits per heavy atom. The van der Waals surface area contributed by atoms with Gasteiger partial charge in [0.05, 0.1) is 30.2 Å². The van der Waals surface area contributed by atoms with Crippen molar-refractivity contribution in [3.8, 4) is 5.75 Å². The van der Waals surface area contributed by atoms with Gasteiger partial charge < -0.3 is 20.5 Å². The lowest BCUT2D eigenvalue weighted by atomic mass is 9.85. The normalized spacial score (nSPS) is 17.4. The van der Waals surface area contributed by atoms with Gasteiger partial charge in [0.15, 0.2) is 0 Å². The first-order chi connectivity index (χ1) is 21.7. The van der Waals surface area contributed by atoms with Gasteiger partial charge in [-0.05, 0) is 79.4 Å². The fourth-order valence-corrected chi connectivity index (χ4v) is 7.78. The molecule has 2 aliphatic heterocycles. The molecule has 1 saturated heterocycles. The second kappa shape index (κ2) is 15.7. The highest BCUT2D eigenvalue weighted by Gasteiger charge is 2.37. The Morgan fingerprint density at radius 3 is 2.37 bits per heavy atom. The van der Waals surface area contributed by atoms with Gasteiger partial charge in [0.25, 0.3) is 0 Å². The van der Waals surface area contributed by atoms with Crippen LogP contribution in [0.15, 0.2) is 53.4 Å². The molecule has 2 aromatic carbocycles. The van der Waals surface area contributed by atoms with E-state index >= 15 is 0 Å². The highest BCUT2D eigenvalue weighted by Crippen LogP contribution is 2.29. The number of hydrogen-bond donors (Lipinski definition) is 3. The fourth-order valence-electron chi connectivity index (χ4n) is 6.11. The Kier molecular flexibility index (Phi) is 12.3. The number of rotatable bonds is 15. The molecular weight excluding hydrogens is 604 g/mol. The largest absolute Gasteiger partial charge is 0.493 e. The van der Waals surface area contributed by atoms with Crippen molar-refractivity contribution in [2.45, 2.75) is 89.8 Å². The molecule has 4 rings (SSSR count). The van der Waals surface area contributed by atoms with Crippen molar-refractivity contribution in [2.24, 2.45) is 11.3 Å². The molecule has 0 radical (unpaired) electrons. The van der Waals surface area contributed by atoms with Crippen LogP contribution in [-0.4, -0.2) is 92.1 Å². The molecule has 3 N–H and O–H groups in total. The van der Waals surface area contributed by atoms with Crippen LogP contribution >= 0.6 is 0 Å². The Hall–Kier alpha value is -2.99. The van der Waals surface area contributed by atoms with Gasteiger partial charge in [0, 0.05) is 19.5 Å². The molecule has 0 aliphatic carbocycles. The predicted octanol–water partition coefficient (Wildman–Crippen LogP) is 3.37. The molecule has 254 valence electrons. The number of amides is 2. The standard InChI is InChI=1S/C35H52N4O6S/c1-25(2)22-39(46(43,44)28-14-16-31-27(21-28)17-20-45-31)23-30(40)29(15-13-26-11-7-6-8-12-26)36-34(42)33(35(3,4)5)37-32(41)24-38-18-9-10-19-38/h6-8,11-12,14,16,21,25,29-30,33,40H,9-10,13,15,17-20,22-24H2,1-5H3,(H,36,42)(H,37,41)/t29-,30+,33+/m0/s1. The Morgan fingerprint density at radius 1 is 1.02 bits per heavy atom. The second-order valence-electron chi connectivity index (χ2n) is 14.1. The van der Waals surface area contributed by atoms with Crippen molar-refractivity contribution in [1.29, 1.82) is 0 Å². The summed E-state index contributed by atoms with van der Waals surface area (Å²) in [5, 5.41) is 17.7. The van der Waals surface area contributed by atoms with Crippen molar-refractivity contribution in [3.05, 3.63) is 59.7 Å². The monoisotopic (exact) mass is 656 g/mol. The van der Waals surface area contributed by atoms with Gasteiger partial charge in [-0.2, -0.15) is 4.31 Å². The quantitative estimate of drug-likeness (QED) is 0.268. The van der Waals surface area contributed by atoms with Crippen molar-refractivity contribution in [1.82, 2.24) is 19.8 Å². The summed E-state index contributed by atoms with van der Waals surface area (Å²) in [6.45, 7) is 12.0. The first-order valence-electron chi connectivity index (χ1n) is 16.5. The maximum absolute atomic E-state index is 14.0. The minimum Gasteiger partial charge on any atom is -0.493 e. The number of carbonyl (C=O) groups excluding carboxylic acids is 2. The molecule has 10 nitrogen and oxygen atoms in total. The fraction of sp³-hybridized carbons (Fsp3) is 0.600. The zero-order valence-electron chi connectivity index (χ0n) is 28.0. The van der Waals surface area contributed by atoms with Crippen molar-refractivity contribution in [2.75, 3.05) is 39.3 Å². The zero-order chi connectivity index (χ0) is 33.5. The molecule has 2 aliphatic rings. The van der Waals surface area contributed by atoms with Gasteiger partial charge in [-0.1, -0.05) is 65.0 Å². The third-order valence-corrected chi connectivity index (χ3v) is 10.5. The summed E-state index contributed by atoms with van der Waals surface area (Å²) in [6.07, 6.45) is 2.49. The van der Waals surface area contributed by atoms with E-state index in [1.165, 1.54) is 4.31 Å². The van der Waals surface area contributed by atoms with Crippen molar-refractivity contribution >= 4 is 21.8 Å². The summed E-state index contributed by atoms with van der Waals surface area (Å²) >= 11 is 0. The molecular formula is C35H52N4O6S. The van der Waals surface area contributed by atoms with Crippen LogP contribution < -0.4 is 15.4 Å². The molecule has 0 aromatic heterocycles. The first-order valence-corrected chi connectivity index (χ1v) is 18.0. The van der Waals surface area contributed by atoms with Crippen LogP contribution in [0.4, 0.5) is 0 Å². The minimum absolute atomic E-state index is 0.00631. The van der Waals surface area contributed by atoms with E-state index in [9.17, 15) is 23.1 Å². The van der Waals surface area contributed by atoms with Gasteiger partial charge in [-0.25, -0.2) is 8.42 Å². The number of likely N-dealkylation sites (tertiary alicyclic amines) is 1. The van der Waals surface area contributed by atoms with Gasteiger partial charge >= 0.3 is 0 Å². The average molecular weight is 657 g/mol. The van der Waals surface area contributed by atoms with Crippen molar-refractivity contribution in [3.63, 3.8) is 0 Å². The third-order valence-electron chi connectivity index (χ3n) is 8.64. The second-order valence-corrected chi connectivity index (χ2v) is 16.1. The molecule has 2 aromatic rings. The average Bonchev–Trinajstić information content (AvgIpc) is 3.69. The Labute approximate surface area is 274 Å². The molecule has 3 atom stereocenters. The summed E-state index contributed by atoms with van der Waals surface area (Å²) in [4.78, 5) is 29.1. The number of nitrogens with zero attached hydrogens (tertiary/aromatic N) is 2. The summed E-state index contributed by atoms with van der Waals surface area (Å²) in [6, 6.07) is 13.0. The number of sulfonamides is 1. The number of aliphatic hydroxyl groups excluding tert-OH is 1. The van der Waals surface area contributed by atoms with Crippen LogP contribution in [0.1, 0.15) is 65.0 Å². The number of hydrogen-bond acceptors (Lipinski definition) is 7. The summed E-state index contributed by atoms with van der Waals surface area (Å²) in [5.74, 6) is 0.0655. The van der Waals surface area contributed by atoms with Crippen LogP contribution in [0.2, 0.25) is 0 Å². The van der Waals surface area contributed by atoms with E-state index in [4.69, 9.17) is 4.74 Å². The molecule has 1 fully saturated rings. The van der Waals surface area contributed by atoms with Gasteiger partial charge in [0.1, 0.15) is 11.8 Å². The molecule has 2 amide bonds. The molecule has 0 unspecified atom stereocenters. The predicted molar refractivity (Wildman–Crippen MR) is 179 cm³/mol. The maximum atomic E-state index is 14.0. The molecule has 0 saturated carbocycles. The van der Waals surface area contributed by atoms with E-state index in [1.54, 1.807) is 18.2 Å². The third kappa shape index (κ3) is 9.76. The lowest BCUT2D eigenvalue weighted by Crippen LogP contribution is -2.59. The van der Waals surface area contributed by atoms with Crippen LogP contribution in [0.25, 0.3) is 0 Å². The SMILES string of the molecule is CC(C)CN(C[C@@H](O)[C@H](CCc1ccccc1)NC(=O)[C@@H](NC(=O)CN1CCCC1)C(C)(C)C)S(=O)(=O)c1ccc2c(c1)CCO2. The molecule has 2 heterocycles. The van der Waals surface area contributed by atoms with E-state index < -0.39 is 39.5 Å². The number of fused-ring (bicyclic) bond motifs is 1. The molecule has 11 heteroatoms. The van der Waals surface area contributed by atoms with E-state index in [0.717, 1.165) is 37.1 Å². The van der Waals surface area contributed by atoms with Gasteiger partial charge in [-0.15, -0.1) is 0 Å². The van der Waals surface area contributed by atoms with Crippen molar-refractivity contribution < 1.29 is 27.9 Å². The summed E-state index contributed by atoms with van der Waals surface area (Å²) in [7, 11) is -3.97. The number of ether oxygens (including phenoxy) is 1. The van der Waals surface area contributed by atoms with Crippen LogP contribution in [0.3, 0.4) is 0 Å². The maximum Gasteiger partial charge on any atom is 0.243 e.